The number of alkyl halides is 1. The number of rotatable bonds is 6. The van der Waals surface area contributed by atoms with Crippen molar-refractivity contribution < 1.29 is 22.7 Å². The molecule has 0 saturated carbocycles. The Morgan fingerprint density at radius 3 is 2.79 bits per heavy atom. The number of ether oxygens (including phenoxy) is 1. The molecule has 1 unspecified atom stereocenters. The van der Waals surface area contributed by atoms with Gasteiger partial charge in [0, 0.05) is 55.4 Å². The molecular weight excluding hydrogens is 729 g/mol. The van der Waals surface area contributed by atoms with Crippen LogP contribution in [0.2, 0.25) is 5.02 Å². The summed E-state index contributed by atoms with van der Waals surface area (Å²) in [5.74, 6) is -0.449. The van der Waals surface area contributed by atoms with Crippen LogP contribution < -0.4 is 15.4 Å². The lowest BCUT2D eigenvalue weighted by molar-refractivity contribution is 0.0399. The fourth-order valence-electron chi connectivity index (χ4n) is 8.84. The molecule has 274 valence electrons. The van der Waals surface area contributed by atoms with Gasteiger partial charge >= 0.3 is 12.0 Å². The van der Waals surface area contributed by atoms with Crippen LogP contribution in [0.5, 0.6) is 6.01 Å². The van der Waals surface area contributed by atoms with Crippen LogP contribution in [0.25, 0.3) is 32.1 Å². The van der Waals surface area contributed by atoms with Gasteiger partial charge in [0.05, 0.1) is 26.4 Å². The molecule has 3 aromatic heterocycles. The van der Waals surface area contributed by atoms with Crippen molar-refractivity contribution in [3.63, 3.8) is 0 Å². The number of anilines is 2. The zero-order valence-electron chi connectivity index (χ0n) is 28.7. The first-order chi connectivity index (χ1) is 25.5. The summed E-state index contributed by atoms with van der Waals surface area (Å²) in [5, 5.41) is 14.8. The molecule has 53 heavy (non-hydrogen) atoms. The summed E-state index contributed by atoms with van der Waals surface area (Å²) in [6.45, 7) is 4.61. The third-order valence-corrected chi connectivity index (χ3v) is 12.9. The van der Waals surface area contributed by atoms with Gasteiger partial charge in [-0.2, -0.15) is 19.9 Å². The Bertz CT molecular complexity index is 2380. The highest BCUT2D eigenvalue weighted by Gasteiger charge is 2.53. The third-order valence-electron chi connectivity index (χ3n) is 11.6. The topological polar surface area (TPSA) is 142 Å². The van der Waals surface area contributed by atoms with Crippen LogP contribution in [0.15, 0.2) is 24.5 Å². The second-order valence-electron chi connectivity index (χ2n) is 14.4. The first-order valence-corrected chi connectivity index (χ1v) is 18.8. The van der Waals surface area contributed by atoms with E-state index in [9.17, 15) is 18.8 Å². The number of hydrogen-bond acceptors (Lipinski definition) is 11. The highest BCUT2D eigenvalue weighted by Crippen LogP contribution is 2.48. The summed E-state index contributed by atoms with van der Waals surface area (Å²) in [4.78, 5) is 33.1. The van der Waals surface area contributed by atoms with Gasteiger partial charge in [-0.1, -0.05) is 24.6 Å². The van der Waals surface area contributed by atoms with E-state index in [4.69, 9.17) is 27.1 Å². The summed E-state index contributed by atoms with van der Waals surface area (Å²) < 4.78 is 54.4. The number of thiophene rings is 1. The molecule has 4 aliphatic rings. The number of nitriles is 1. The maximum Gasteiger partial charge on any atom is 0.346 e. The minimum atomic E-state index is -0.967. The van der Waals surface area contributed by atoms with E-state index in [1.54, 1.807) is 11.0 Å². The van der Waals surface area contributed by atoms with E-state index in [1.165, 1.54) is 23.1 Å². The summed E-state index contributed by atoms with van der Waals surface area (Å²) in [6.07, 6.45) is 4.46. The van der Waals surface area contributed by atoms with Gasteiger partial charge in [0.2, 0.25) is 0 Å². The molecule has 7 heterocycles. The molecule has 4 saturated heterocycles. The predicted molar refractivity (Wildman–Crippen MR) is 194 cm³/mol. The van der Waals surface area contributed by atoms with Crippen molar-refractivity contribution in [2.24, 2.45) is 0 Å². The van der Waals surface area contributed by atoms with E-state index < -0.39 is 28.9 Å². The summed E-state index contributed by atoms with van der Waals surface area (Å²) in [7, 11) is 0. The van der Waals surface area contributed by atoms with Crippen molar-refractivity contribution in [1.82, 2.24) is 34.5 Å². The number of hydrogen-bond donors (Lipinski definition) is 1. The number of fused-ring (bicyclic) bond motifs is 3. The van der Waals surface area contributed by atoms with Gasteiger partial charge < -0.3 is 20.3 Å². The predicted octanol–water partition coefficient (Wildman–Crippen LogP) is 6.33. The molecule has 2 aromatic carbocycles. The van der Waals surface area contributed by atoms with Crippen LogP contribution in [0.1, 0.15) is 50.4 Å². The molecule has 0 radical (unpaired) electrons. The highest BCUT2D eigenvalue weighted by molar-refractivity contribution is 7.23. The van der Waals surface area contributed by atoms with E-state index in [0.29, 0.717) is 62.5 Å². The highest BCUT2D eigenvalue weighted by atomic mass is 35.5. The molecule has 5 aromatic rings. The first-order valence-electron chi connectivity index (χ1n) is 17.6. The SMILES string of the molecule is CCc1ncn(C(=O)N2CCC23CCN(c2nc(OC[C@@]45CCCN4C[C@H](F)C5)nc4c(F)c(-c5ccc(F)c6sc(N)c(C#N)c56)c(Cl)cc24)C3)n1. The molecule has 3 atom stereocenters. The van der Waals surface area contributed by atoms with Crippen molar-refractivity contribution >= 4 is 60.8 Å². The number of halogens is 4. The van der Waals surface area contributed by atoms with Crippen LogP contribution in [0, 0.1) is 23.0 Å². The fraction of sp³-hybridized carbons (Fsp3) is 0.444. The van der Waals surface area contributed by atoms with Crippen molar-refractivity contribution in [1.29, 1.82) is 5.26 Å². The van der Waals surface area contributed by atoms with Gasteiger partial charge in [-0.15, -0.1) is 16.4 Å². The maximum atomic E-state index is 17.2. The lowest BCUT2D eigenvalue weighted by Gasteiger charge is -2.50. The van der Waals surface area contributed by atoms with E-state index in [0.717, 1.165) is 37.1 Å². The lowest BCUT2D eigenvalue weighted by atomic mass is 9.84. The maximum absolute atomic E-state index is 17.2. The van der Waals surface area contributed by atoms with Gasteiger partial charge in [0.25, 0.3) is 0 Å². The van der Waals surface area contributed by atoms with E-state index >= 15 is 4.39 Å². The van der Waals surface area contributed by atoms with Crippen LogP contribution in [-0.4, -0.2) is 97.1 Å². The average molecular weight is 763 g/mol. The molecule has 9 rings (SSSR count). The van der Waals surface area contributed by atoms with Gasteiger partial charge in [0.15, 0.2) is 11.6 Å². The Balaban J connectivity index is 1.14. The Morgan fingerprint density at radius 1 is 1.21 bits per heavy atom. The number of aromatic nitrogens is 5. The Morgan fingerprint density at radius 2 is 2.04 bits per heavy atom. The monoisotopic (exact) mass is 762 g/mol. The fourth-order valence-corrected chi connectivity index (χ4v) is 10.1. The normalized spacial score (nSPS) is 24.0. The number of aryl methyl sites for hydroxylation is 1. The summed E-state index contributed by atoms with van der Waals surface area (Å²) in [6, 6.07) is 5.83. The number of nitrogens with two attached hydrogens (primary N) is 1. The van der Waals surface area contributed by atoms with E-state index in [1.807, 2.05) is 17.9 Å². The van der Waals surface area contributed by atoms with Crippen molar-refractivity contribution in [2.45, 2.75) is 62.7 Å². The largest absolute Gasteiger partial charge is 0.461 e. The minimum Gasteiger partial charge on any atom is -0.461 e. The number of nitrogens with zero attached hydrogens (tertiary/aromatic N) is 9. The zero-order valence-corrected chi connectivity index (χ0v) is 30.3. The Labute approximate surface area is 310 Å². The second-order valence-corrected chi connectivity index (χ2v) is 15.9. The van der Waals surface area contributed by atoms with Gasteiger partial charge in [0.1, 0.15) is 47.3 Å². The smallest absolute Gasteiger partial charge is 0.346 e. The molecule has 17 heteroatoms. The van der Waals surface area contributed by atoms with Gasteiger partial charge in [-0.3, -0.25) is 4.90 Å². The Hall–Kier alpha value is -4.72. The lowest BCUT2D eigenvalue weighted by Crippen LogP contribution is -2.64. The first kappa shape index (κ1) is 34.1. The standard InChI is InChI=1S/C36H34ClF3N10O2S/c1-2-25-43-18-50(46-25)34(51)49-11-8-35(49)7-10-47(16-35)32-21-12-23(37)27(20-4-5-24(39)30-26(20)22(14-41)31(42)53-30)28(40)29(21)44-33(45-32)52-17-36-6-3-9-48(36)15-19(38)13-36/h4-5,12,18-19H,2-3,6-11,13,15-17,42H2,1H3/t19-,35?,36+/m1/s1. The van der Waals surface area contributed by atoms with Crippen LogP contribution in [0.3, 0.4) is 0 Å². The molecule has 4 fully saturated rings. The molecular formula is C36H34ClF3N10O2S. The molecule has 0 bridgehead atoms. The number of amides is 1. The van der Waals surface area contributed by atoms with E-state index in [2.05, 4.69) is 20.0 Å². The number of benzene rings is 2. The average Bonchev–Trinajstić information content (AvgIpc) is 3.96. The van der Waals surface area contributed by atoms with Gasteiger partial charge in [-0.05, 0) is 49.9 Å². The molecule has 1 spiro atoms. The zero-order chi connectivity index (χ0) is 36.8. The number of nitrogen functional groups attached to an aromatic ring is 1. The van der Waals surface area contributed by atoms with Crippen LogP contribution >= 0.6 is 22.9 Å². The third kappa shape index (κ3) is 5.22. The van der Waals surface area contributed by atoms with Crippen molar-refractivity contribution in [3.8, 4) is 23.2 Å². The number of carbonyl (C=O) groups excluding carboxylic acids is 1. The van der Waals surface area contributed by atoms with E-state index in [-0.39, 0.29) is 61.0 Å². The van der Waals surface area contributed by atoms with Crippen LogP contribution in [0.4, 0.5) is 28.8 Å². The summed E-state index contributed by atoms with van der Waals surface area (Å²) >= 11 is 7.81. The number of likely N-dealkylation sites (tertiary alicyclic amines) is 1. The van der Waals surface area contributed by atoms with Crippen molar-refractivity contribution in [3.05, 3.63) is 52.6 Å². The Kier molecular flexibility index (Phi) is 7.99. The molecule has 12 nitrogen and oxygen atoms in total. The van der Waals surface area contributed by atoms with Crippen molar-refractivity contribution in [2.75, 3.05) is 50.0 Å². The molecule has 1 amide bonds. The quantitative estimate of drug-likeness (QED) is 0.209. The second kappa shape index (κ2) is 12.4. The van der Waals surface area contributed by atoms with Gasteiger partial charge in [-0.25, -0.2) is 22.9 Å². The molecule has 0 aliphatic carbocycles. The number of carbonyl (C=O) groups is 1. The molecule has 4 aliphatic heterocycles. The molecule has 2 N–H and O–H groups in total. The summed E-state index contributed by atoms with van der Waals surface area (Å²) in [5.41, 5.74) is 5.15. The minimum absolute atomic E-state index is 0.00258. The van der Waals surface area contributed by atoms with Crippen LogP contribution in [-0.2, 0) is 6.42 Å².